The Morgan fingerprint density at radius 1 is 1.32 bits per heavy atom. The molecule has 19 heavy (non-hydrogen) atoms. The molecule has 0 spiro atoms. The molecular formula is C16H32N2O. The van der Waals surface area contributed by atoms with Gasteiger partial charge in [-0.05, 0) is 58.9 Å². The molecule has 3 nitrogen and oxygen atoms in total. The second kappa shape index (κ2) is 8.01. The predicted octanol–water partition coefficient (Wildman–Crippen LogP) is 2.66. The van der Waals surface area contributed by atoms with E-state index in [2.05, 4.69) is 37.7 Å². The number of hydrogen-bond acceptors (Lipinski definition) is 3. The van der Waals surface area contributed by atoms with E-state index in [1.54, 1.807) is 0 Å². The highest BCUT2D eigenvalue weighted by molar-refractivity contribution is 5.60. The van der Waals surface area contributed by atoms with Gasteiger partial charge in [0.1, 0.15) is 6.29 Å². The second-order valence-electron chi connectivity index (χ2n) is 6.71. The summed E-state index contributed by atoms with van der Waals surface area (Å²) in [6.07, 6.45) is 7.13. The van der Waals surface area contributed by atoms with Gasteiger partial charge in [-0.25, -0.2) is 0 Å². The molecule has 0 heterocycles. The Balaban J connectivity index is 2.49. The summed E-state index contributed by atoms with van der Waals surface area (Å²) in [4.78, 5) is 16.3. The zero-order valence-corrected chi connectivity index (χ0v) is 13.3. The number of hydrogen-bond donors (Lipinski definition) is 0. The maximum atomic E-state index is 11.6. The van der Waals surface area contributed by atoms with Gasteiger partial charge in [-0.1, -0.05) is 26.7 Å². The Hall–Kier alpha value is -0.410. The highest BCUT2D eigenvalue weighted by Crippen LogP contribution is 2.38. The van der Waals surface area contributed by atoms with Crippen molar-refractivity contribution in [1.29, 1.82) is 0 Å². The summed E-state index contributed by atoms with van der Waals surface area (Å²) in [7, 11) is 4.23. The monoisotopic (exact) mass is 268 g/mol. The van der Waals surface area contributed by atoms with Crippen LogP contribution in [0.15, 0.2) is 0 Å². The van der Waals surface area contributed by atoms with Gasteiger partial charge in [0.2, 0.25) is 0 Å². The fourth-order valence-corrected chi connectivity index (χ4v) is 3.39. The number of rotatable bonds is 8. The number of carbonyl (C=O) groups is 1. The van der Waals surface area contributed by atoms with E-state index < -0.39 is 0 Å². The van der Waals surface area contributed by atoms with Crippen molar-refractivity contribution in [3.05, 3.63) is 0 Å². The third-order valence-electron chi connectivity index (χ3n) is 4.44. The molecular weight excluding hydrogens is 236 g/mol. The molecule has 0 aromatic heterocycles. The van der Waals surface area contributed by atoms with Gasteiger partial charge in [0.15, 0.2) is 0 Å². The van der Waals surface area contributed by atoms with Gasteiger partial charge in [-0.3, -0.25) is 0 Å². The normalized spacial score (nSPS) is 28.0. The van der Waals surface area contributed by atoms with E-state index in [-0.39, 0.29) is 5.41 Å². The molecule has 1 fully saturated rings. The molecule has 1 saturated carbocycles. The molecule has 112 valence electrons. The van der Waals surface area contributed by atoms with E-state index in [0.717, 1.165) is 39.0 Å². The summed E-state index contributed by atoms with van der Waals surface area (Å²) in [6, 6.07) is 0. The van der Waals surface area contributed by atoms with Crippen LogP contribution in [0.3, 0.4) is 0 Å². The first-order chi connectivity index (χ1) is 9.01. The molecule has 2 unspecified atom stereocenters. The Morgan fingerprint density at radius 3 is 2.58 bits per heavy atom. The van der Waals surface area contributed by atoms with Crippen molar-refractivity contribution in [2.75, 3.05) is 40.3 Å². The van der Waals surface area contributed by atoms with Crippen LogP contribution in [-0.4, -0.2) is 56.4 Å². The Morgan fingerprint density at radius 2 is 2.05 bits per heavy atom. The minimum Gasteiger partial charge on any atom is -0.309 e. The van der Waals surface area contributed by atoms with Gasteiger partial charge in [0, 0.05) is 12.0 Å². The smallest absolute Gasteiger partial charge is 0.127 e. The SMILES string of the molecule is CCN(CCCN(C)C)CC1(C=O)CCCC(C)C1. The molecule has 0 aromatic carbocycles. The van der Waals surface area contributed by atoms with Crippen LogP contribution in [0, 0.1) is 11.3 Å². The minimum atomic E-state index is -0.0637. The first-order valence-electron chi connectivity index (χ1n) is 7.85. The van der Waals surface area contributed by atoms with Gasteiger partial charge < -0.3 is 14.6 Å². The molecule has 1 aliphatic rings. The molecule has 0 N–H and O–H groups in total. The van der Waals surface area contributed by atoms with E-state index in [1.807, 2.05) is 0 Å². The topological polar surface area (TPSA) is 23.6 Å². The van der Waals surface area contributed by atoms with Crippen molar-refractivity contribution in [3.8, 4) is 0 Å². The van der Waals surface area contributed by atoms with E-state index in [4.69, 9.17) is 0 Å². The average Bonchev–Trinajstić information content (AvgIpc) is 2.37. The molecule has 0 saturated heterocycles. The molecule has 0 radical (unpaired) electrons. The average molecular weight is 268 g/mol. The van der Waals surface area contributed by atoms with Crippen LogP contribution in [-0.2, 0) is 4.79 Å². The van der Waals surface area contributed by atoms with Crippen LogP contribution in [0.4, 0.5) is 0 Å². The largest absolute Gasteiger partial charge is 0.309 e. The lowest BCUT2D eigenvalue weighted by Crippen LogP contribution is -2.42. The lowest BCUT2D eigenvalue weighted by Gasteiger charge is -2.39. The Labute approximate surface area is 119 Å². The van der Waals surface area contributed by atoms with Gasteiger partial charge >= 0.3 is 0 Å². The summed E-state index contributed by atoms with van der Waals surface area (Å²) in [5.74, 6) is 0.708. The van der Waals surface area contributed by atoms with Crippen molar-refractivity contribution in [2.24, 2.45) is 11.3 Å². The zero-order valence-electron chi connectivity index (χ0n) is 13.3. The van der Waals surface area contributed by atoms with Crippen molar-refractivity contribution < 1.29 is 4.79 Å². The lowest BCUT2D eigenvalue weighted by atomic mass is 9.70. The second-order valence-corrected chi connectivity index (χ2v) is 6.71. The van der Waals surface area contributed by atoms with Crippen LogP contribution in [0.1, 0.15) is 46.0 Å². The lowest BCUT2D eigenvalue weighted by molar-refractivity contribution is -0.120. The van der Waals surface area contributed by atoms with E-state index in [1.165, 1.54) is 25.5 Å². The first-order valence-corrected chi connectivity index (χ1v) is 7.85. The molecule has 0 bridgehead atoms. The molecule has 1 rings (SSSR count). The van der Waals surface area contributed by atoms with Crippen molar-refractivity contribution in [2.45, 2.75) is 46.0 Å². The predicted molar refractivity (Wildman–Crippen MR) is 81.4 cm³/mol. The van der Waals surface area contributed by atoms with Crippen LogP contribution in [0.25, 0.3) is 0 Å². The third-order valence-corrected chi connectivity index (χ3v) is 4.44. The fourth-order valence-electron chi connectivity index (χ4n) is 3.39. The molecule has 0 aliphatic heterocycles. The summed E-state index contributed by atoms with van der Waals surface area (Å²) in [5.41, 5.74) is -0.0637. The van der Waals surface area contributed by atoms with Crippen molar-refractivity contribution in [3.63, 3.8) is 0 Å². The third kappa shape index (κ3) is 5.62. The fraction of sp³-hybridized carbons (Fsp3) is 0.938. The molecule has 0 aromatic rings. The van der Waals surface area contributed by atoms with E-state index >= 15 is 0 Å². The zero-order chi connectivity index (χ0) is 14.3. The van der Waals surface area contributed by atoms with Crippen molar-refractivity contribution in [1.82, 2.24) is 9.80 Å². The standard InChI is InChI=1S/C16H32N2O/c1-5-18(11-7-10-17(3)4)13-16(14-19)9-6-8-15(2)12-16/h14-15H,5-13H2,1-4H3. The number of aldehydes is 1. The maximum Gasteiger partial charge on any atom is 0.127 e. The highest BCUT2D eigenvalue weighted by Gasteiger charge is 2.35. The number of nitrogens with zero attached hydrogens (tertiary/aromatic N) is 2. The maximum absolute atomic E-state index is 11.6. The van der Waals surface area contributed by atoms with Crippen LogP contribution >= 0.6 is 0 Å². The van der Waals surface area contributed by atoms with Crippen LogP contribution < -0.4 is 0 Å². The number of carbonyl (C=O) groups excluding carboxylic acids is 1. The summed E-state index contributed by atoms with van der Waals surface area (Å²) >= 11 is 0. The van der Waals surface area contributed by atoms with Gasteiger partial charge in [0.25, 0.3) is 0 Å². The van der Waals surface area contributed by atoms with Crippen LogP contribution in [0.2, 0.25) is 0 Å². The summed E-state index contributed by atoms with van der Waals surface area (Å²) < 4.78 is 0. The molecule has 3 heteroatoms. The Kier molecular flexibility index (Phi) is 7.01. The highest BCUT2D eigenvalue weighted by atomic mass is 16.1. The Bertz CT molecular complexity index is 267. The van der Waals surface area contributed by atoms with E-state index in [9.17, 15) is 4.79 Å². The van der Waals surface area contributed by atoms with E-state index in [0.29, 0.717) is 5.92 Å². The first kappa shape index (κ1) is 16.6. The quantitative estimate of drug-likeness (QED) is 0.632. The minimum absolute atomic E-state index is 0.0637. The molecule has 2 atom stereocenters. The summed E-state index contributed by atoms with van der Waals surface area (Å²) in [5, 5.41) is 0. The van der Waals surface area contributed by atoms with Gasteiger partial charge in [-0.15, -0.1) is 0 Å². The van der Waals surface area contributed by atoms with Crippen LogP contribution in [0.5, 0.6) is 0 Å². The molecule has 0 amide bonds. The molecule has 1 aliphatic carbocycles. The van der Waals surface area contributed by atoms with Crippen molar-refractivity contribution >= 4 is 6.29 Å². The summed E-state index contributed by atoms with van der Waals surface area (Å²) in [6.45, 7) is 8.75. The van der Waals surface area contributed by atoms with Gasteiger partial charge in [-0.2, -0.15) is 0 Å². The van der Waals surface area contributed by atoms with Gasteiger partial charge in [0.05, 0.1) is 0 Å².